The molecule has 2 fully saturated rings. The van der Waals surface area contributed by atoms with E-state index in [2.05, 4.69) is 51.0 Å². The first-order chi connectivity index (χ1) is 20.7. The molecule has 0 bridgehead atoms. The summed E-state index contributed by atoms with van der Waals surface area (Å²) in [6.45, 7) is 10.9. The highest BCUT2D eigenvalue weighted by atomic mass is 16.2. The van der Waals surface area contributed by atoms with Crippen LogP contribution in [0, 0.1) is 12.8 Å². The molecule has 2 aliphatic rings. The van der Waals surface area contributed by atoms with E-state index < -0.39 is 5.91 Å². The molecule has 1 unspecified atom stereocenters. The molecule has 10 nitrogen and oxygen atoms in total. The number of piperidine rings is 1. The minimum Gasteiger partial charge on any atom is -0.404 e. The van der Waals surface area contributed by atoms with Gasteiger partial charge >= 0.3 is 0 Å². The Balaban J connectivity index is 1.45. The number of nitrogens with zero attached hydrogens (tertiary/aromatic N) is 5. The van der Waals surface area contributed by atoms with Crippen molar-refractivity contribution in [2.45, 2.75) is 84.2 Å². The van der Waals surface area contributed by atoms with Crippen molar-refractivity contribution in [2.24, 2.45) is 23.7 Å². The van der Waals surface area contributed by atoms with Crippen molar-refractivity contribution in [1.82, 2.24) is 19.7 Å². The molecule has 1 aliphatic heterocycles. The zero-order valence-electron chi connectivity index (χ0n) is 26.0. The summed E-state index contributed by atoms with van der Waals surface area (Å²) in [5.41, 5.74) is 9.93. The van der Waals surface area contributed by atoms with Gasteiger partial charge in [0.25, 0.3) is 5.91 Å². The molecule has 1 aliphatic carbocycles. The average Bonchev–Trinajstić information content (AvgIpc) is 3.67. The molecule has 0 spiro atoms. The maximum Gasteiger partial charge on any atom is 0.259 e. The molecule has 4 N–H and O–H groups in total. The second kappa shape index (κ2) is 14.9. The fourth-order valence-electron chi connectivity index (χ4n) is 6.08. The van der Waals surface area contributed by atoms with Crippen LogP contribution in [0.3, 0.4) is 0 Å². The topological polar surface area (TPSA) is 131 Å². The Kier molecular flexibility index (Phi) is 11.1. The zero-order chi connectivity index (χ0) is 30.9. The molecule has 3 heterocycles. The smallest absolute Gasteiger partial charge is 0.259 e. The minimum absolute atomic E-state index is 0.0391. The third-order valence-corrected chi connectivity index (χ3v) is 8.39. The van der Waals surface area contributed by atoms with Crippen LogP contribution in [0.25, 0.3) is 5.57 Å². The van der Waals surface area contributed by atoms with Crippen molar-refractivity contribution >= 4 is 34.5 Å². The van der Waals surface area contributed by atoms with E-state index in [0.717, 1.165) is 30.5 Å². The van der Waals surface area contributed by atoms with Gasteiger partial charge in [-0.05, 0) is 62.8 Å². The number of aryl methyl sites for hydroxylation is 2. The third kappa shape index (κ3) is 8.28. The van der Waals surface area contributed by atoms with Crippen molar-refractivity contribution in [3.05, 3.63) is 66.5 Å². The number of carbonyl (C=O) groups excluding carboxylic acids is 2. The van der Waals surface area contributed by atoms with Crippen LogP contribution in [0.2, 0.25) is 0 Å². The number of nitrogens with two attached hydrogens (primary N) is 1. The molecule has 0 aromatic carbocycles. The number of pyridine rings is 1. The SMILES string of the molecule is C=CC(=N\C=C(\c1cnn(C)c1)C(C)C)/C(=C\N)C(=O)Nc1cc(NC(=O)CC2CCCCN2C2CCCC2)cnc1C. The molecule has 4 rings (SSSR count). The second-order valence-electron chi connectivity index (χ2n) is 11.8. The number of amides is 2. The minimum atomic E-state index is -0.454. The van der Waals surface area contributed by atoms with Gasteiger partial charge in [0.05, 0.1) is 40.7 Å². The van der Waals surface area contributed by atoms with E-state index in [1.54, 1.807) is 36.3 Å². The number of anilines is 2. The maximum absolute atomic E-state index is 13.4. The number of allylic oxidation sites excluding steroid dienone is 2. The maximum atomic E-state index is 13.4. The van der Waals surface area contributed by atoms with E-state index in [9.17, 15) is 9.59 Å². The van der Waals surface area contributed by atoms with Crippen LogP contribution in [-0.2, 0) is 16.6 Å². The highest BCUT2D eigenvalue weighted by molar-refractivity contribution is 6.29. The van der Waals surface area contributed by atoms with Gasteiger partial charge < -0.3 is 16.4 Å². The molecule has 43 heavy (non-hydrogen) atoms. The van der Waals surface area contributed by atoms with Gasteiger partial charge in [-0.2, -0.15) is 5.10 Å². The number of aliphatic imine (C=N–C) groups is 1. The van der Waals surface area contributed by atoms with Gasteiger partial charge in [0.1, 0.15) is 0 Å². The van der Waals surface area contributed by atoms with E-state index in [-0.39, 0.29) is 23.4 Å². The monoisotopic (exact) mass is 586 g/mol. The summed E-state index contributed by atoms with van der Waals surface area (Å²) < 4.78 is 1.73. The third-order valence-electron chi connectivity index (χ3n) is 8.39. The van der Waals surface area contributed by atoms with E-state index in [1.165, 1.54) is 44.4 Å². The van der Waals surface area contributed by atoms with Crippen molar-refractivity contribution in [2.75, 3.05) is 17.2 Å². The lowest BCUT2D eigenvalue weighted by Crippen LogP contribution is -2.46. The van der Waals surface area contributed by atoms with Crippen LogP contribution in [0.1, 0.15) is 76.5 Å². The number of carbonyl (C=O) groups is 2. The van der Waals surface area contributed by atoms with E-state index >= 15 is 0 Å². The van der Waals surface area contributed by atoms with Gasteiger partial charge in [-0.15, -0.1) is 0 Å². The first-order valence-electron chi connectivity index (χ1n) is 15.3. The Bertz CT molecular complexity index is 1400. The number of aromatic nitrogens is 3. The number of hydrogen-bond donors (Lipinski definition) is 3. The van der Waals surface area contributed by atoms with Crippen molar-refractivity contribution in [3.8, 4) is 0 Å². The lowest BCUT2D eigenvalue weighted by atomic mass is 9.96. The summed E-state index contributed by atoms with van der Waals surface area (Å²) >= 11 is 0. The normalized spacial score (nSPS) is 19.1. The summed E-state index contributed by atoms with van der Waals surface area (Å²) in [5.74, 6) is -0.318. The van der Waals surface area contributed by atoms with Gasteiger partial charge in [-0.3, -0.25) is 29.1 Å². The number of rotatable bonds is 11. The van der Waals surface area contributed by atoms with Crippen molar-refractivity contribution in [1.29, 1.82) is 0 Å². The molecular formula is C33H46N8O2. The lowest BCUT2D eigenvalue weighted by molar-refractivity contribution is -0.118. The second-order valence-corrected chi connectivity index (χ2v) is 11.8. The summed E-state index contributed by atoms with van der Waals surface area (Å²) in [4.78, 5) is 38.0. The molecule has 1 atom stereocenters. The van der Waals surface area contributed by atoms with Crippen LogP contribution < -0.4 is 16.4 Å². The molecule has 230 valence electrons. The fraction of sp³-hybridized carbons (Fsp3) is 0.485. The number of hydrogen-bond acceptors (Lipinski definition) is 7. The number of likely N-dealkylation sites (tertiary alicyclic amines) is 1. The highest BCUT2D eigenvalue weighted by Gasteiger charge is 2.31. The Hall–Kier alpha value is -4.05. The highest BCUT2D eigenvalue weighted by Crippen LogP contribution is 2.31. The molecule has 2 aromatic rings. The van der Waals surface area contributed by atoms with Crippen LogP contribution in [-0.4, -0.2) is 55.8 Å². The first kappa shape index (κ1) is 31.9. The molecule has 1 saturated carbocycles. The van der Waals surface area contributed by atoms with Crippen LogP contribution >= 0.6 is 0 Å². The van der Waals surface area contributed by atoms with Gasteiger partial charge in [-0.1, -0.05) is 39.7 Å². The van der Waals surface area contributed by atoms with Crippen LogP contribution in [0.15, 0.2) is 60.3 Å². The molecule has 0 radical (unpaired) electrons. The predicted octanol–water partition coefficient (Wildman–Crippen LogP) is 5.35. The lowest BCUT2D eigenvalue weighted by Gasteiger charge is -2.39. The zero-order valence-corrected chi connectivity index (χ0v) is 26.0. The Morgan fingerprint density at radius 3 is 2.56 bits per heavy atom. The van der Waals surface area contributed by atoms with E-state index in [1.807, 2.05) is 13.2 Å². The molecular weight excluding hydrogens is 540 g/mol. The largest absolute Gasteiger partial charge is 0.404 e. The van der Waals surface area contributed by atoms with Crippen LogP contribution in [0.4, 0.5) is 11.4 Å². The van der Waals surface area contributed by atoms with Gasteiger partial charge in [0, 0.05) is 49.7 Å². The molecule has 2 amide bonds. The van der Waals surface area contributed by atoms with Crippen molar-refractivity contribution < 1.29 is 9.59 Å². The first-order valence-corrected chi connectivity index (χ1v) is 15.3. The Morgan fingerprint density at radius 1 is 1.16 bits per heavy atom. The van der Waals surface area contributed by atoms with Gasteiger partial charge in [0.2, 0.25) is 5.91 Å². The van der Waals surface area contributed by atoms with Gasteiger partial charge in [0.15, 0.2) is 0 Å². The van der Waals surface area contributed by atoms with E-state index in [4.69, 9.17) is 5.73 Å². The predicted molar refractivity (Wildman–Crippen MR) is 173 cm³/mol. The standard InChI is InChI=1S/C33H46N8O2/c1-6-30(36-20-29(22(2)3)24-18-37-40(5)21-24)28(17-34)33(43)39-31-15-25(19-35-23(31)4)38-32(42)16-27-13-9-10-14-41(27)26-11-7-8-12-26/h6,15,17-22,26-27H,1,7-14,16,34H2,2-5H3,(H,38,42)(H,39,43)/b28-17+,29-20+,36-30+. The average molecular weight is 587 g/mol. The summed E-state index contributed by atoms with van der Waals surface area (Å²) in [5, 5.41) is 10.1. The Labute approximate surface area is 255 Å². The van der Waals surface area contributed by atoms with Crippen molar-refractivity contribution in [3.63, 3.8) is 0 Å². The summed E-state index contributed by atoms with van der Waals surface area (Å²) in [7, 11) is 1.86. The molecule has 10 heteroatoms. The summed E-state index contributed by atoms with van der Waals surface area (Å²) in [6.07, 6.45) is 18.7. The number of nitrogens with one attached hydrogen (secondary N) is 2. The summed E-state index contributed by atoms with van der Waals surface area (Å²) in [6, 6.07) is 2.61. The molecule has 2 aromatic heterocycles. The fourth-order valence-corrected chi connectivity index (χ4v) is 6.08. The van der Waals surface area contributed by atoms with E-state index in [0.29, 0.717) is 35.2 Å². The quantitative estimate of drug-likeness (QED) is 0.240. The Morgan fingerprint density at radius 2 is 1.91 bits per heavy atom. The van der Waals surface area contributed by atoms with Crippen LogP contribution in [0.5, 0.6) is 0 Å². The van der Waals surface area contributed by atoms with Gasteiger partial charge in [-0.25, -0.2) is 0 Å². The molecule has 1 saturated heterocycles.